The molecule has 2 heteroatoms. The second-order valence-electron chi connectivity index (χ2n) is 13.7. The highest BCUT2D eigenvalue weighted by molar-refractivity contribution is 5.38. The molecule has 2 nitrogen and oxygen atoms in total. The molecule has 0 aliphatic heterocycles. The van der Waals surface area contributed by atoms with Gasteiger partial charge in [0.2, 0.25) is 0 Å². The number of aliphatic hydroxyl groups excluding tert-OH is 2. The third-order valence-corrected chi connectivity index (χ3v) is 8.33. The Bertz CT molecular complexity index is 1270. The lowest BCUT2D eigenvalue weighted by Crippen LogP contribution is -2.32. The van der Waals surface area contributed by atoms with Gasteiger partial charge in [0.25, 0.3) is 0 Å². The molecule has 0 saturated heterocycles. The van der Waals surface area contributed by atoms with Crippen molar-refractivity contribution in [2.75, 3.05) is 0 Å². The van der Waals surface area contributed by atoms with Gasteiger partial charge in [-0.25, -0.2) is 0 Å². The third kappa shape index (κ3) is 11.7. The highest BCUT2D eigenvalue weighted by Gasteiger charge is 2.34. The fourth-order valence-electron chi connectivity index (χ4n) is 6.14. The lowest BCUT2D eigenvalue weighted by atomic mass is 9.67. The first-order valence-corrected chi connectivity index (χ1v) is 15.4. The average molecular weight is 569 g/mol. The van der Waals surface area contributed by atoms with Crippen molar-refractivity contribution in [1.82, 2.24) is 0 Å². The SMILES string of the molecule is CC1=C[C@H](O)CC(C)(C)[C@H]1/C=C/C(C)=C/C=C/C(C)=C/C=C/C=C(C)\C=C\C=C(C)\C=C\C1=C(C)C[C@@H](O)CC1(C)C. The second-order valence-corrected chi connectivity index (χ2v) is 13.7. The van der Waals surface area contributed by atoms with Crippen molar-refractivity contribution in [3.05, 3.63) is 130 Å². The molecule has 228 valence electrons. The molecule has 0 amide bonds. The predicted molar refractivity (Wildman–Crippen MR) is 184 cm³/mol. The Morgan fingerprint density at radius 1 is 0.714 bits per heavy atom. The van der Waals surface area contributed by atoms with Crippen LogP contribution in [0.5, 0.6) is 0 Å². The molecule has 0 aromatic carbocycles. The van der Waals surface area contributed by atoms with Gasteiger partial charge in [-0.3, -0.25) is 0 Å². The summed E-state index contributed by atoms with van der Waals surface area (Å²) in [7, 11) is 0. The molecule has 0 saturated carbocycles. The molecule has 0 fully saturated rings. The highest BCUT2D eigenvalue weighted by atomic mass is 16.3. The van der Waals surface area contributed by atoms with Gasteiger partial charge in [0, 0.05) is 5.92 Å². The number of allylic oxidation sites excluding steroid dienone is 20. The minimum Gasteiger partial charge on any atom is -0.393 e. The summed E-state index contributed by atoms with van der Waals surface area (Å²) >= 11 is 0. The number of hydrogen-bond acceptors (Lipinski definition) is 2. The molecule has 0 heterocycles. The van der Waals surface area contributed by atoms with Crippen molar-refractivity contribution in [2.24, 2.45) is 16.7 Å². The minimum atomic E-state index is -0.331. The Kier molecular flexibility index (Phi) is 13.5. The van der Waals surface area contributed by atoms with E-state index in [2.05, 4.69) is 154 Å². The second kappa shape index (κ2) is 16.1. The van der Waals surface area contributed by atoms with Crippen LogP contribution < -0.4 is 0 Å². The van der Waals surface area contributed by atoms with E-state index in [0.717, 1.165) is 19.3 Å². The van der Waals surface area contributed by atoms with Gasteiger partial charge < -0.3 is 10.2 Å². The molecule has 3 atom stereocenters. The lowest BCUT2D eigenvalue weighted by molar-refractivity contribution is 0.116. The van der Waals surface area contributed by atoms with Crippen LogP contribution in [0.2, 0.25) is 0 Å². The maximum atomic E-state index is 10.1. The van der Waals surface area contributed by atoms with Crippen LogP contribution in [0, 0.1) is 16.7 Å². The van der Waals surface area contributed by atoms with Gasteiger partial charge in [0.05, 0.1) is 12.2 Å². The fraction of sp³-hybridized carbons (Fsp3) is 0.450. The summed E-state index contributed by atoms with van der Waals surface area (Å²) < 4.78 is 0. The molecule has 0 spiro atoms. The maximum absolute atomic E-state index is 10.1. The third-order valence-electron chi connectivity index (χ3n) is 8.33. The zero-order valence-electron chi connectivity index (χ0n) is 27.9. The van der Waals surface area contributed by atoms with Gasteiger partial charge >= 0.3 is 0 Å². The van der Waals surface area contributed by atoms with Crippen LogP contribution >= 0.6 is 0 Å². The molecular formula is C40H56O2. The van der Waals surface area contributed by atoms with Gasteiger partial charge in [0.15, 0.2) is 0 Å². The molecule has 0 bridgehead atoms. The van der Waals surface area contributed by atoms with Crippen molar-refractivity contribution >= 4 is 0 Å². The Labute approximate surface area is 257 Å². The van der Waals surface area contributed by atoms with Crippen molar-refractivity contribution in [3.63, 3.8) is 0 Å². The van der Waals surface area contributed by atoms with Crippen LogP contribution in [0.15, 0.2) is 130 Å². The Balaban J connectivity index is 1.90. The maximum Gasteiger partial charge on any atom is 0.0729 e. The van der Waals surface area contributed by atoms with Crippen molar-refractivity contribution in [2.45, 2.75) is 101 Å². The Hall–Kier alpha value is -2.94. The summed E-state index contributed by atoms with van der Waals surface area (Å²) in [5, 5.41) is 20.2. The summed E-state index contributed by atoms with van der Waals surface area (Å²) in [6.07, 6.45) is 33.8. The number of rotatable bonds is 10. The number of aliphatic hydroxyl groups is 2. The highest BCUT2D eigenvalue weighted by Crippen LogP contribution is 2.42. The molecule has 2 rings (SSSR count). The molecule has 2 N–H and O–H groups in total. The topological polar surface area (TPSA) is 40.5 Å². The molecule has 42 heavy (non-hydrogen) atoms. The predicted octanol–water partition coefficient (Wildman–Crippen LogP) is 10.4. The summed E-state index contributed by atoms with van der Waals surface area (Å²) in [4.78, 5) is 0. The molecule has 0 aromatic rings. The van der Waals surface area contributed by atoms with E-state index in [1.54, 1.807) is 0 Å². The fourth-order valence-corrected chi connectivity index (χ4v) is 6.14. The van der Waals surface area contributed by atoms with Gasteiger partial charge in [-0.2, -0.15) is 0 Å². The molecule has 0 aromatic heterocycles. The smallest absolute Gasteiger partial charge is 0.0729 e. The van der Waals surface area contributed by atoms with E-state index in [1.807, 2.05) is 6.08 Å². The molecular weight excluding hydrogens is 512 g/mol. The van der Waals surface area contributed by atoms with Crippen molar-refractivity contribution in [1.29, 1.82) is 0 Å². The molecule has 2 aliphatic carbocycles. The first-order valence-electron chi connectivity index (χ1n) is 15.4. The minimum absolute atomic E-state index is 0.00528. The van der Waals surface area contributed by atoms with Crippen LogP contribution in [0.3, 0.4) is 0 Å². The van der Waals surface area contributed by atoms with Crippen LogP contribution in [0.1, 0.15) is 88.5 Å². The zero-order chi connectivity index (χ0) is 31.5. The van der Waals surface area contributed by atoms with E-state index in [1.165, 1.54) is 39.0 Å². The molecule has 0 radical (unpaired) electrons. The van der Waals surface area contributed by atoms with Gasteiger partial charge in [0.1, 0.15) is 0 Å². The van der Waals surface area contributed by atoms with Crippen LogP contribution in [-0.2, 0) is 0 Å². The molecule has 2 aliphatic rings. The summed E-state index contributed by atoms with van der Waals surface area (Å²) in [6, 6.07) is 0. The van der Waals surface area contributed by atoms with E-state index in [4.69, 9.17) is 0 Å². The Morgan fingerprint density at radius 2 is 1.21 bits per heavy atom. The largest absolute Gasteiger partial charge is 0.393 e. The average Bonchev–Trinajstić information content (AvgIpc) is 2.84. The van der Waals surface area contributed by atoms with E-state index in [-0.39, 0.29) is 23.0 Å². The van der Waals surface area contributed by atoms with Crippen molar-refractivity contribution in [3.8, 4) is 0 Å². The number of hydrogen-bond donors (Lipinski definition) is 2. The first-order chi connectivity index (χ1) is 19.6. The summed E-state index contributed by atoms with van der Waals surface area (Å²) in [5.74, 6) is 0.348. The van der Waals surface area contributed by atoms with E-state index >= 15 is 0 Å². The first kappa shape index (κ1) is 35.3. The summed E-state index contributed by atoms with van der Waals surface area (Å²) in [5.41, 5.74) is 8.73. The van der Waals surface area contributed by atoms with Gasteiger partial charge in [-0.1, -0.05) is 152 Å². The van der Waals surface area contributed by atoms with Gasteiger partial charge in [-0.05, 0) is 77.2 Å². The quantitative estimate of drug-likeness (QED) is 0.203. The van der Waals surface area contributed by atoms with E-state index < -0.39 is 0 Å². The van der Waals surface area contributed by atoms with Crippen LogP contribution in [0.4, 0.5) is 0 Å². The van der Waals surface area contributed by atoms with Crippen molar-refractivity contribution < 1.29 is 10.2 Å². The van der Waals surface area contributed by atoms with E-state index in [0.29, 0.717) is 5.92 Å². The van der Waals surface area contributed by atoms with Gasteiger partial charge in [-0.15, -0.1) is 0 Å². The lowest BCUT2D eigenvalue weighted by Gasteiger charge is -2.38. The van der Waals surface area contributed by atoms with Crippen LogP contribution in [-0.4, -0.2) is 22.4 Å². The molecule has 0 unspecified atom stereocenters. The zero-order valence-corrected chi connectivity index (χ0v) is 27.9. The monoisotopic (exact) mass is 568 g/mol. The Morgan fingerprint density at radius 3 is 1.74 bits per heavy atom. The van der Waals surface area contributed by atoms with E-state index in [9.17, 15) is 10.2 Å². The normalized spacial score (nSPS) is 26.6. The van der Waals surface area contributed by atoms with Crippen LogP contribution in [0.25, 0.3) is 0 Å². The summed E-state index contributed by atoms with van der Waals surface area (Å²) in [6.45, 7) is 21.6. The standard InChI is InChI=1S/C40H56O2/c1-29(17-13-19-31(3)21-23-37-33(5)25-35(41)27-39(37,7)8)15-11-12-16-30(2)18-14-20-32(4)22-24-38-34(6)26-36(42)28-40(38,9)10/h11-25,35-37,41-42H,26-28H2,1-10H3/b12-11+,17-13+,18-14+,23-21+,24-22+,29-15+,30-16-,31-19+,32-20+/t35-,36+,37-/m0/s1.